The fraction of sp³-hybridized carbons (Fsp3) is 0.0820. The molecule has 0 bridgehead atoms. The molecule has 0 spiro atoms. The van der Waals surface area contributed by atoms with Crippen molar-refractivity contribution in [2.24, 2.45) is 0 Å². The van der Waals surface area contributed by atoms with Gasteiger partial charge < -0.3 is 10.2 Å². The Morgan fingerprint density at radius 3 is 1.56 bits per heavy atom. The molecule has 0 atom stereocenters. The summed E-state index contributed by atoms with van der Waals surface area (Å²) in [6.07, 6.45) is 0. The number of hydrogen-bond acceptors (Lipinski definition) is 2. The summed E-state index contributed by atoms with van der Waals surface area (Å²) in [6, 6.07) is 78.0. The van der Waals surface area contributed by atoms with Crippen molar-refractivity contribution in [3.05, 3.63) is 223 Å². The SMILES string of the molecule is Cc1ccc(-c2ccccc2)cc1N1c2cc3ccccc3cc2[B]c2c(-c3cc4ccccc4cc3Nc3ccc(-c4ccc(C(C)(C)C)cc4)cc3)cc(-c3ccccc3)cc21. The summed E-state index contributed by atoms with van der Waals surface area (Å²) in [5, 5.41) is 8.75. The molecule has 1 radical (unpaired) electrons. The molecule has 0 aromatic heterocycles. The predicted molar refractivity (Wildman–Crippen MR) is 276 cm³/mol. The monoisotopic (exact) mass is 819 g/mol. The highest BCUT2D eigenvalue weighted by atomic mass is 15.2. The maximum absolute atomic E-state index is 3.93. The largest absolute Gasteiger partial charge is 0.355 e. The fourth-order valence-corrected chi connectivity index (χ4v) is 9.39. The van der Waals surface area contributed by atoms with Crippen molar-refractivity contribution < 1.29 is 0 Å². The van der Waals surface area contributed by atoms with Crippen LogP contribution < -0.4 is 21.1 Å². The molecule has 0 amide bonds. The lowest BCUT2D eigenvalue weighted by atomic mass is 9.57. The van der Waals surface area contributed by atoms with Crippen molar-refractivity contribution >= 4 is 68.2 Å². The second-order valence-electron chi connectivity index (χ2n) is 18.2. The normalized spacial score (nSPS) is 12.2. The van der Waals surface area contributed by atoms with E-state index in [4.69, 9.17) is 0 Å². The lowest BCUT2D eigenvalue weighted by Crippen LogP contribution is -2.41. The van der Waals surface area contributed by atoms with Crippen molar-refractivity contribution in [3.63, 3.8) is 0 Å². The van der Waals surface area contributed by atoms with E-state index in [0.29, 0.717) is 0 Å². The molecule has 0 fully saturated rings. The van der Waals surface area contributed by atoms with Gasteiger partial charge in [0.25, 0.3) is 0 Å². The fourth-order valence-electron chi connectivity index (χ4n) is 9.39. The van der Waals surface area contributed by atoms with Gasteiger partial charge in [0.2, 0.25) is 0 Å². The highest BCUT2D eigenvalue weighted by molar-refractivity contribution is 6.73. The van der Waals surface area contributed by atoms with Crippen LogP contribution in [-0.4, -0.2) is 7.28 Å². The van der Waals surface area contributed by atoms with Crippen LogP contribution in [0.15, 0.2) is 212 Å². The van der Waals surface area contributed by atoms with Crippen LogP contribution in [0.5, 0.6) is 0 Å². The van der Waals surface area contributed by atoms with E-state index in [0.717, 1.165) is 33.9 Å². The lowest BCUT2D eigenvalue weighted by molar-refractivity contribution is 0.590. The third-order valence-corrected chi connectivity index (χ3v) is 12.9. The van der Waals surface area contributed by atoms with Crippen molar-refractivity contribution in [2.45, 2.75) is 33.1 Å². The van der Waals surface area contributed by atoms with Gasteiger partial charge in [-0.15, -0.1) is 0 Å². The van der Waals surface area contributed by atoms with E-state index in [-0.39, 0.29) is 5.41 Å². The van der Waals surface area contributed by atoms with E-state index in [1.165, 1.54) is 82.7 Å². The first-order valence-corrected chi connectivity index (χ1v) is 22.3. The minimum atomic E-state index is 0.115. The molecule has 64 heavy (non-hydrogen) atoms. The summed E-state index contributed by atoms with van der Waals surface area (Å²) in [6.45, 7) is 9.02. The zero-order valence-corrected chi connectivity index (χ0v) is 36.7. The number of hydrogen-bond donors (Lipinski definition) is 1. The summed E-state index contributed by atoms with van der Waals surface area (Å²) in [7, 11) is 2.42. The van der Waals surface area contributed by atoms with E-state index in [1.807, 2.05) is 0 Å². The number of benzene rings is 10. The van der Waals surface area contributed by atoms with Gasteiger partial charge in [-0.05, 0) is 138 Å². The minimum Gasteiger partial charge on any atom is -0.355 e. The van der Waals surface area contributed by atoms with E-state index in [9.17, 15) is 0 Å². The standard InChI is InChI=1S/C61H48BN2/c1-40-23-24-49(41-15-7-5-8-16-41)37-57(40)64-58-38-48-22-14-12-20-46(48)35-55(58)62-60-54(34-50(39-59(60)64)42-17-9-6-10-18-42)53-33-45-19-11-13-21-47(45)36-56(53)63-52-31-27-44(28-32-52)43-25-29-51(30-26-43)61(2,3)4/h5-39,63H,1-4H3. The minimum absolute atomic E-state index is 0.115. The Kier molecular flexibility index (Phi) is 9.77. The molecule has 1 aliphatic rings. The predicted octanol–water partition coefficient (Wildman–Crippen LogP) is 15.4. The second kappa shape index (κ2) is 15.9. The molecule has 10 aromatic rings. The van der Waals surface area contributed by atoms with Crippen LogP contribution in [-0.2, 0) is 5.41 Å². The molecular formula is C61H48BN2. The van der Waals surface area contributed by atoms with Crippen molar-refractivity contribution in [1.82, 2.24) is 0 Å². The van der Waals surface area contributed by atoms with Crippen molar-refractivity contribution in [2.75, 3.05) is 10.2 Å². The highest BCUT2D eigenvalue weighted by Crippen LogP contribution is 2.45. The number of rotatable bonds is 7. The van der Waals surface area contributed by atoms with Gasteiger partial charge in [0.15, 0.2) is 7.28 Å². The zero-order chi connectivity index (χ0) is 43.4. The van der Waals surface area contributed by atoms with E-state index in [2.05, 4.69) is 258 Å². The van der Waals surface area contributed by atoms with E-state index >= 15 is 0 Å². The van der Waals surface area contributed by atoms with Gasteiger partial charge >= 0.3 is 0 Å². The van der Waals surface area contributed by atoms with Gasteiger partial charge in [-0.2, -0.15) is 0 Å². The average molecular weight is 820 g/mol. The molecule has 0 saturated heterocycles. The Hall–Kier alpha value is -7.62. The van der Waals surface area contributed by atoms with Crippen LogP contribution in [0.1, 0.15) is 31.9 Å². The van der Waals surface area contributed by atoms with E-state index < -0.39 is 0 Å². The first-order chi connectivity index (χ1) is 31.2. The molecule has 11 rings (SSSR count). The maximum atomic E-state index is 3.93. The molecular weight excluding hydrogens is 771 g/mol. The molecule has 3 heteroatoms. The summed E-state index contributed by atoms with van der Waals surface area (Å²) in [4.78, 5) is 2.52. The van der Waals surface area contributed by atoms with Gasteiger partial charge in [-0.25, -0.2) is 0 Å². The Morgan fingerprint density at radius 2 is 0.922 bits per heavy atom. The summed E-state index contributed by atoms with van der Waals surface area (Å²) < 4.78 is 0. The maximum Gasteiger partial charge on any atom is 0.197 e. The number of nitrogens with zero attached hydrogens (tertiary/aromatic N) is 1. The van der Waals surface area contributed by atoms with Gasteiger partial charge in [-0.3, -0.25) is 0 Å². The third kappa shape index (κ3) is 7.33. The molecule has 0 saturated carbocycles. The number of nitrogens with one attached hydrogen (secondary N) is 1. The van der Waals surface area contributed by atoms with Crippen LogP contribution in [0, 0.1) is 6.92 Å². The number of aryl methyl sites for hydroxylation is 1. The lowest BCUT2D eigenvalue weighted by Gasteiger charge is -2.37. The van der Waals surface area contributed by atoms with Gasteiger partial charge in [-0.1, -0.05) is 190 Å². The van der Waals surface area contributed by atoms with E-state index in [1.54, 1.807) is 0 Å². The molecule has 0 aliphatic carbocycles. The summed E-state index contributed by atoms with van der Waals surface area (Å²) >= 11 is 0. The van der Waals surface area contributed by atoms with Crippen LogP contribution >= 0.6 is 0 Å². The van der Waals surface area contributed by atoms with Crippen molar-refractivity contribution in [3.8, 4) is 44.5 Å². The average Bonchev–Trinajstić information content (AvgIpc) is 3.33. The third-order valence-electron chi connectivity index (χ3n) is 12.9. The zero-order valence-electron chi connectivity index (χ0n) is 36.7. The smallest absolute Gasteiger partial charge is 0.197 e. The van der Waals surface area contributed by atoms with Crippen LogP contribution in [0.3, 0.4) is 0 Å². The quantitative estimate of drug-likeness (QED) is 0.161. The molecule has 1 heterocycles. The Morgan fingerprint density at radius 1 is 0.406 bits per heavy atom. The van der Waals surface area contributed by atoms with Crippen LogP contribution in [0.2, 0.25) is 0 Å². The number of fused-ring (bicyclic) bond motifs is 4. The number of anilines is 5. The van der Waals surface area contributed by atoms with Gasteiger partial charge in [0.1, 0.15) is 0 Å². The van der Waals surface area contributed by atoms with Crippen molar-refractivity contribution in [1.29, 1.82) is 0 Å². The van der Waals surface area contributed by atoms with Gasteiger partial charge in [0, 0.05) is 34.0 Å². The summed E-state index contributed by atoms with van der Waals surface area (Å²) in [5.74, 6) is 0. The van der Waals surface area contributed by atoms with Crippen LogP contribution in [0.4, 0.5) is 28.4 Å². The molecule has 305 valence electrons. The molecule has 2 nitrogen and oxygen atoms in total. The molecule has 10 aromatic carbocycles. The second-order valence-corrected chi connectivity index (χ2v) is 18.2. The van der Waals surface area contributed by atoms with Gasteiger partial charge in [0.05, 0.1) is 0 Å². The molecule has 1 aliphatic heterocycles. The first kappa shape index (κ1) is 39.2. The first-order valence-electron chi connectivity index (χ1n) is 22.3. The Labute approximate surface area is 377 Å². The Balaban J connectivity index is 1.12. The topological polar surface area (TPSA) is 15.3 Å². The molecule has 1 N–H and O–H groups in total. The summed E-state index contributed by atoms with van der Waals surface area (Å²) in [5.41, 5.74) is 20.0. The highest BCUT2D eigenvalue weighted by Gasteiger charge is 2.30. The van der Waals surface area contributed by atoms with Crippen LogP contribution in [0.25, 0.3) is 66.1 Å². The molecule has 0 unspecified atom stereocenters. The Bertz CT molecular complexity index is 3350.